The molecule has 9 heteroatoms. The average Bonchev–Trinajstić information content (AvgIpc) is 3.18. The van der Waals surface area contributed by atoms with Gasteiger partial charge in [0.1, 0.15) is 5.82 Å². The molecular weight excluding hydrogens is 519 g/mol. The first-order chi connectivity index (χ1) is 14.8. The standard InChI is InChI=1S/C22H16BrFN2O2S3/c23-17-7-1-14(2-8-17)13-29-22-26-20(15-3-9-18(24)10-4-15)21(30-22)16-5-11-19(12-6-16)31(25,27)28/h1-12H,13H2,(H2,25,27,28). The molecule has 4 aromatic rings. The van der Waals surface area contributed by atoms with Crippen molar-refractivity contribution >= 4 is 49.1 Å². The van der Waals surface area contributed by atoms with Crippen molar-refractivity contribution in [1.29, 1.82) is 0 Å². The number of aromatic nitrogens is 1. The van der Waals surface area contributed by atoms with E-state index in [0.29, 0.717) is 0 Å². The molecule has 158 valence electrons. The van der Waals surface area contributed by atoms with Crippen molar-refractivity contribution in [3.63, 3.8) is 0 Å². The molecule has 0 radical (unpaired) electrons. The fourth-order valence-electron chi connectivity index (χ4n) is 2.88. The minimum absolute atomic E-state index is 0.0499. The summed E-state index contributed by atoms with van der Waals surface area (Å²) < 4.78 is 38.5. The Balaban J connectivity index is 1.70. The number of hydrogen-bond acceptors (Lipinski definition) is 5. The van der Waals surface area contributed by atoms with Gasteiger partial charge < -0.3 is 0 Å². The van der Waals surface area contributed by atoms with Gasteiger partial charge in [0, 0.05) is 15.8 Å². The molecule has 0 unspecified atom stereocenters. The number of thiazole rings is 1. The van der Waals surface area contributed by atoms with E-state index in [0.717, 1.165) is 36.3 Å². The van der Waals surface area contributed by atoms with Crippen molar-refractivity contribution in [3.8, 4) is 21.7 Å². The highest BCUT2D eigenvalue weighted by Gasteiger charge is 2.17. The van der Waals surface area contributed by atoms with Crippen molar-refractivity contribution in [2.75, 3.05) is 0 Å². The van der Waals surface area contributed by atoms with Crippen molar-refractivity contribution in [2.24, 2.45) is 5.14 Å². The molecule has 4 nitrogen and oxygen atoms in total. The van der Waals surface area contributed by atoms with Crippen molar-refractivity contribution < 1.29 is 12.8 Å². The fraction of sp³-hybridized carbons (Fsp3) is 0.0455. The van der Waals surface area contributed by atoms with Crippen LogP contribution in [0.4, 0.5) is 4.39 Å². The van der Waals surface area contributed by atoms with Crippen LogP contribution < -0.4 is 5.14 Å². The third-order valence-corrected chi connectivity index (χ3v) is 8.22. The Hall–Kier alpha value is -2.04. The minimum Gasteiger partial charge on any atom is -0.229 e. The zero-order valence-corrected chi connectivity index (χ0v) is 20.0. The van der Waals surface area contributed by atoms with Crippen LogP contribution in [0.2, 0.25) is 0 Å². The van der Waals surface area contributed by atoms with Gasteiger partial charge in [-0.1, -0.05) is 52.0 Å². The summed E-state index contributed by atoms with van der Waals surface area (Å²) in [5, 5.41) is 5.21. The van der Waals surface area contributed by atoms with Gasteiger partial charge in [-0.2, -0.15) is 0 Å². The Bertz CT molecular complexity index is 1300. The van der Waals surface area contributed by atoms with Crippen LogP contribution in [-0.4, -0.2) is 13.4 Å². The molecule has 0 aliphatic heterocycles. The summed E-state index contributed by atoms with van der Waals surface area (Å²) in [4.78, 5) is 5.73. The van der Waals surface area contributed by atoms with E-state index in [1.165, 1.54) is 41.2 Å². The van der Waals surface area contributed by atoms with Gasteiger partial charge in [-0.15, -0.1) is 11.3 Å². The molecule has 0 spiro atoms. The topological polar surface area (TPSA) is 73.1 Å². The Morgan fingerprint density at radius 1 is 0.935 bits per heavy atom. The Kier molecular flexibility index (Phi) is 6.59. The van der Waals surface area contributed by atoms with Gasteiger partial charge in [0.2, 0.25) is 10.0 Å². The highest BCUT2D eigenvalue weighted by molar-refractivity contribution is 9.10. The maximum atomic E-state index is 13.4. The van der Waals surface area contributed by atoms with Gasteiger partial charge in [-0.25, -0.2) is 22.9 Å². The molecule has 0 aliphatic rings. The summed E-state index contributed by atoms with van der Waals surface area (Å²) in [7, 11) is -3.77. The van der Waals surface area contributed by atoms with Crippen LogP contribution in [0.15, 0.2) is 86.5 Å². The van der Waals surface area contributed by atoms with E-state index in [4.69, 9.17) is 10.1 Å². The van der Waals surface area contributed by atoms with E-state index < -0.39 is 10.0 Å². The molecule has 3 aromatic carbocycles. The first kappa shape index (κ1) is 22.2. The second-order valence-electron chi connectivity index (χ2n) is 6.65. The highest BCUT2D eigenvalue weighted by Crippen LogP contribution is 2.41. The van der Waals surface area contributed by atoms with Gasteiger partial charge in [0.15, 0.2) is 4.34 Å². The quantitative estimate of drug-likeness (QED) is 0.294. The number of primary sulfonamides is 1. The summed E-state index contributed by atoms with van der Waals surface area (Å²) >= 11 is 6.57. The van der Waals surface area contributed by atoms with Gasteiger partial charge in [-0.05, 0) is 59.7 Å². The van der Waals surface area contributed by atoms with Crippen LogP contribution in [0.3, 0.4) is 0 Å². The predicted molar refractivity (Wildman–Crippen MR) is 128 cm³/mol. The largest absolute Gasteiger partial charge is 0.238 e. The molecule has 0 saturated heterocycles. The molecule has 2 N–H and O–H groups in total. The molecule has 1 aromatic heterocycles. The SMILES string of the molecule is NS(=O)(=O)c1ccc(-c2sc(SCc3ccc(Br)cc3)nc2-c2ccc(F)cc2)cc1. The lowest BCUT2D eigenvalue weighted by Crippen LogP contribution is -2.11. The molecule has 0 atom stereocenters. The first-order valence-electron chi connectivity index (χ1n) is 9.07. The number of hydrogen-bond donors (Lipinski definition) is 1. The summed E-state index contributed by atoms with van der Waals surface area (Å²) in [6.07, 6.45) is 0. The number of sulfonamides is 1. The van der Waals surface area contributed by atoms with Crippen molar-refractivity contribution in [2.45, 2.75) is 15.0 Å². The van der Waals surface area contributed by atoms with Crippen molar-refractivity contribution in [1.82, 2.24) is 4.98 Å². The van der Waals surface area contributed by atoms with Crippen LogP contribution in [0.5, 0.6) is 0 Å². The summed E-state index contributed by atoms with van der Waals surface area (Å²) in [6.45, 7) is 0. The highest BCUT2D eigenvalue weighted by atomic mass is 79.9. The van der Waals surface area contributed by atoms with Gasteiger partial charge in [-0.3, -0.25) is 0 Å². The van der Waals surface area contributed by atoms with E-state index in [2.05, 4.69) is 28.1 Å². The van der Waals surface area contributed by atoms with Crippen molar-refractivity contribution in [3.05, 3.63) is 88.6 Å². The Labute approximate surface area is 196 Å². The number of benzene rings is 3. The van der Waals surface area contributed by atoms with E-state index in [1.807, 2.05) is 12.1 Å². The number of nitrogens with zero attached hydrogens (tertiary/aromatic N) is 1. The predicted octanol–water partition coefficient (Wildman–Crippen LogP) is 6.32. The number of thioether (sulfide) groups is 1. The molecule has 0 aliphatic carbocycles. The Morgan fingerprint density at radius 3 is 2.16 bits per heavy atom. The van der Waals surface area contributed by atoms with Crippen LogP contribution in [0.1, 0.15) is 5.56 Å². The molecule has 0 bridgehead atoms. The van der Waals surface area contributed by atoms with E-state index >= 15 is 0 Å². The maximum absolute atomic E-state index is 13.4. The van der Waals surface area contributed by atoms with Gasteiger partial charge in [0.25, 0.3) is 0 Å². The lowest BCUT2D eigenvalue weighted by Gasteiger charge is -2.04. The molecule has 31 heavy (non-hydrogen) atoms. The van der Waals surface area contributed by atoms with Crippen LogP contribution in [0.25, 0.3) is 21.7 Å². The monoisotopic (exact) mass is 534 g/mol. The van der Waals surface area contributed by atoms with E-state index in [-0.39, 0.29) is 10.7 Å². The van der Waals surface area contributed by atoms with E-state index in [9.17, 15) is 12.8 Å². The minimum atomic E-state index is -3.77. The maximum Gasteiger partial charge on any atom is 0.238 e. The van der Waals surface area contributed by atoms with Gasteiger partial charge in [0.05, 0.1) is 15.5 Å². The smallest absolute Gasteiger partial charge is 0.229 e. The lowest BCUT2D eigenvalue weighted by molar-refractivity contribution is 0.598. The second kappa shape index (κ2) is 9.22. The zero-order chi connectivity index (χ0) is 22.0. The second-order valence-corrected chi connectivity index (χ2v) is 11.3. The number of rotatable bonds is 6. The van der Waals surface area contributed by atoms with Crippen LogP contribution >= 0.6 is 39.0 Å². The average molecular weight is 535 g/mol. The summed E-state index contributed by atoms with van der Waals surface area (Å²) in [6, 6.07) is 20.7. The van der Waals surface area contributed by atoms with Crippen LogP contribution in [-0.2, 0) is 15.8 Å². The number of nitrogens with two attached hydrogens (primary N) is 1. The molecule has 0 amide bonds. The lowest BCUT2D eigenvalue weighted by atomic mass is 10.1. The van der Waals surface area contributed by atoms with Crippen LogP contribution in [0, 0.1) is 5.82 Å². The molecule has 4 rings (SSSR count). The summed E-state index contributed by atoms with van der Waals surface area (Å²) in [5.41, 5.74) is 3.51. The third-order valence-electron chi connectivity index (χ3n) is 4.45. The normalized spacial score (nSPS) is 11.6. The third kappa shape index (κ3) is 5.42. The fourth-order valence-corrected chi connectivity index (χ4v) is 5.79. The Morgan fingerprint density at radius 2 is 1.55 bits per heavy atom. The first-order valence-corrected chi connectivity index (χ1v) is 13.2. The zero-order valence-electron chi connectivity index (χ0n) is 16.0. The molecule has 1 heterocycles. The van der Waals surface area contributed by atoms with Gasteiger partial charge >= 0.3 is 0 Å². The molecular formula is C22H16BrFN2O2S3. The molecule has 0 saturated carbocycles. The summed E-state index contributed by atoms with van der Waals surface area (Å²) in [5.74, 6) is 0.441. The van der Waals surface area contributed by atoms with E-state index in [1.54, 1.807) is 36.0 Å². The number of halogens is 2. The molecule has 0 fully saturated rings.